The molecule has 7 heteroatoms. The van der Waals surface area contributed by atoms with Crippen molar-refractivity contribution in [2.24, 2.45) is 0 Å². The van der Waals surface area contributed by atoms with Gasteiger partial charge < -0.3 is 10.6 Å². The molecule has 0 spiro atoms. The first kappa shape index (κ1) is 15.1. The zero-order chi connectivity index (χ0) is 16.4. The van der Waals surface area contributed by atoms with E-state index in [-0.39, 0.29) is 0 Å². The van der Waals surface area contributed by atoms with Gasteiger partial charge >= 0.3 is 0 Å². The van der Waals surface area contributed by atoms with E-state index in [4.69, 9.17) is 4.98 Å². The maximum atomic E-state index is 4.86. The zero-order valence-electron chi connectivity index (χ0n) is 13.9. The number of nitrogens with one attached hydrogen (secondary N) is 2. The highest BCUT2D eigenvalue weighted by molar-refractivity contribution is 6.36. The molecule has 4 rings (SSSR count). The number of aromatic nitrogens is 4. The van der Waals surface area contributed by atoms with Gasteiger partial charge in [0.2, 0.25) is 0 Å². The quantitative estimate of drug-likeness (QED) is 0.697. The van der Waals surface area contributed by atoms with E-state index in [2.05, 4.69) is 40.7 Å². The third-order valence-electron chi connectivity index (χ3n) is 4.53. The largest absolute Gasteiger partial charge is 0.366 e. The molecule has 0 aromatic carbocycles. The summed E-state index contributed by atoms with van der Waals surface area (Å²) >= 11 is 0. The van der Waals surface area contributed by atoms with Crippen molar-refractivity contribution in [3.8, 4) is 0 Å². The Bertz CT molecular complexity index is 826. The third kappa shape index (κ3) is 2.99. The van der Waals surface area contributed by atoms with Gasteiger partial charge in [-0.1, -0.05) is 12.5 Å². The van der Waals surface area contributed by atoms with Crippen LogP contribution in [0.4, 0.5) is 5.82 Å². The average molecular weight is 320 g/mol. The minimum Gasteiger partial charge on any atom is -0.366 e. The predicted molar refractivity (Wildman–Crippen MR) is 97.3 cm³/mol. The molecule has 0 amide bonds. The van der Waals surface area contributed by atoms with E-state index in [1.165, 1.54) is 12.8 Å². The minimum absolute atomic E-state index is 0.331. The fourth-order valence-corrected chi connectivity index (χ4v) is 3.20. The van der Waals surface area contributed by atoms with Crippen molar-refractivity contribution >= 4 is 24.8 Å². The van der Waals surface area contributed by atoms with E-state index >= 15 is 0 Å². The Hall–Kier alpha value is -2.41. The molecule has 0 bridgehead atoms. The van der Waals surface area contributed by atoms with E-state index in [1.807, 2.05) is 23.0 Å². The summed E-state index contributed by atoms with van der Waals surface area (Å²) in [6.07, 6.45) is 9.17. The summed E-state index contributed by atoms with van der Waals surface area (Å²) in [6.45, 7) is 1.78. The van der Waals surface area contributed by atoms with Crippen LogP contribution in [0.3, 0.4) is 0 Å². The Labute approximate surface area is 142 Å². The van der Waals surface area contributed by atoms with Gasteiger partial charge in [0.05, 0.1) is 5.69 Å². The van der Waals surface area contributed by atoms with Gasteiger partial charge in [-0.15, -0.1) is 0 Å². The van der Waals surface area contributed by atoms with E-state index in [1.54, 1.807) is 6.20 Å². The molecule has 122 valence electrons. The molecule has 3 aromatic heterocycles. The number of nitrogens with zero attached hydrogens (tertiary/aromatic N) is 4. The monoisotopic (exact) mass is 320 g/mol. The normalized spacial score (nSPS) is 17.9. The molecule has 1 aliphatic heterocycles. The molecule has 4 heterocycles. The molecule has 0 aliphatic carbocycles. The van der Waals surface area contributed by atoms with Crippen LogP contribution in [0.5, 0.6) is 0 Å². The number of hydrogen-bond acceptors (Lipinski definition) is 5. The topological polar surface area (TPSA) is 67.1 Å². The Morgan fingerprint density at radius 2 is 2.29 bits per heavy atom. The maximum Gasteiger partial charge on any atom is 0.151 e. The van der Waals surface area contributed by atoms with Gasteiger partial charge in [-0.2, -0.15) is 9.61 Å². The SMILES string of the molecule is Bc1cnn2c(NCc3cccnc3)cc(C3CCCCN3)nc12. The van der Waals surface area contributed by atoms with Crippen molar-refractivity contribution < 1.29 is 0 Å². The van der Waals surface area contributed by atoms with E-state index in [0.717, 1.165) is 41.2 Å². The molecule has 24 heavy (non-hydrogen) atoms. The minimum atomic E-state index is 0.331. The number of pyridine rings is 1. The highest BCUT2D eigenvalue weighted by atomic mass is 15.3. The molecule has 0 saturated carbocycles. The molecule has 0 radical (unpaired) electrons. The zero-order valence-corrected chi connectivity index (χ0v) is 13.9. The number of fused-ring (bicyclic) bond motifs is 1. The van der Waals surface area contributed by atoms with Crippen molar-refractivity contribution in [2.45, 2.75) is 31.8 Å². The summed E-state index contributed by atoms with van der Waals surface area (Å²) in [4.78, 5) is 9.03. The summed E-state index contributed by atoms with van der Waals surface area (Å²) < 4.78 is 1.89. The Kier molecular flexibility index (Phi) is 4.17. The molecule has 2 N–H and O–H groups in total. The van der Waals surface area contributed by atoms with Gasteiger partial charge in [0, 0.05) is 37.2 Å². The van der Waals surface area contributed by atoms with Gasteiger partial charge in [0.25, 0.3) is 0 Å². The first-order chi connectivity index (χ1) is 11.8. The van der Waals surface area contributed by atoms with E-state index in [0.29, 0.717) is 12.6 Å². The van der Waals surface area contributed by atoms with Crippen molar-refractivity contribution in [3.63, 3.8) is 0 Å². The van der Waals surface area contributed by atoms with Crippen LogP contribution >= 0.6 is 0 Å². The highest BCUT2D eigenvalue weighted by Crippen LogP contribution is 2.24. The van der Waals surface area contributed by atoms with Gasteiger partial charge in [-0.3, -0.25) is 4.98 Å². The average Bonchev–Trinajstić information content (AvgIpc) is 3.02. The fraction of sp³-hybridized carbons (Fsp3) is 0.353. The van der Waals surface area contributed by atoms with Crippen LogP contribution in [-0.2, 0) is 6.54 Å². The molecule has 1 saturated heterocycles. The second kappa shape index (κ2) is 6.61. The standard InChI is InChI=1S/C17H21BN6/c18-13-11-22-24-16(21-10-12-4-3-6-19-9-12)8-15(23-17(13)24)14-5-1-2-7-20-14/h3-4,6,8-9,11,14,20-21H,1-2,5,7,10,18H2. The van der Waals surface area contributed by atoms with Gasteiger partial charge in [-0.05, 0) is 36.5 Å². The molecule has 1 fully saturated rings. The third-order valence-corrected chi connectivity index (χ3v) is 4.53. The van der Waals surface area contributed by atoms with Gasteiger partial charge in [0.15, 0.2) is 5.65 Å². The molecule has 1 unspecified atom stereocenters. The maximum absolute atomic E-state index is 4.86. The smallest absolute Gasteiger partial charge is 0.151 e. The lowest BCUT2D eigenvalue weighted by molar-refractivity contribution is 0.405. The van der Waals surface area contributed by atoms with E-state index in [9.17, 15) is 0 Å². The van der Waals surface area contributed by atoms with Crippen molar-refractivity contribution in [2.75, 3.05) is 11.9 Å². The Morgan fingerprint density at radius 1 is 1.33 bits per heavy atom. The molecule has 1 aliphatic rings. The van der Waals surface area contributed by atoms with E-state index < -0.39 is 0 Å². The van der Waals surface area contributed by atoms with Crippen LogP contribution in [0, 0.1) is 0 Å². The molecule has 6 nitrogen and oxygen atoms in total. The lowest BCUT2D eigenvalue weighted by Crippen LogP contribution is -2.28. The van der Waals surface area contributed by atoms with Crippen LogP contribution in [0.2, 0.25) is 0 Å². The van der Waals surface area contributed by atoms with Crippen molar-refractivity contribution in [1.82, 2.24) is 24.9 Å². The lowest BCUT2D eigenvalue weighted by Gasteiger charge is -2.23. The van der Waals surface area contributed by atoms with Crippen molar-refractivity contribution in [3.05, 3.63) is 48.0 Å². The molecule has 1 atom stereocenters. The Balaban J connectivity index is 1.67. The second-order valence-electron chi connectivity index (χ2n) is 6.35. The molecular formula is C17H21BN6. The molecule has 3 aromatic rings. The summed E-state index contributed by atoms with van der Waals surface area (Å²) in [5.74, 6) is 0.972. The van der Waals surface area contributed by atoms with Gasteiger partial charge in [-0.25, -0.2) is 4.98 Å². The Morgan fingerprint density at radius 3 is 3.08 bits per heavy atom. The van der Waals surface area contributed by atoms with Crippen LogP contribution in [0.15, 0.2) is 36.8 Å². The first-order valence-corrected chi connectivity index (χ1v) is 8.53. The number of hydrogen-bond donors (Lipinski definition) is 2. The number of anilines is 1. The fourth-order valence-electron chi connectivity index (χ4n) is 3.20. The summed E-state index contributed by atoms with van der Waals surface area (Å²) in [6, 6.07) is 6.47. The highest BCUT2D eigenvalue weighted by Gasteiger charge is 2.19. The summed E-state index contributed by atoms with van der Waals surface area (Å²) in [7, 11) is 2.05. The summed E-state index contributed by atoms with van der Waals surface area (Å²) in [5, 5.41) is 11.5. The van der Waals surface area contributed by atoms with Crippen LogP contribution in [-0.4, -0.2) is 34.0 Å². The number of piperidine rings is 1. The molecular weight excluding hydrogens is 299 g/mol. The summed E-state index contributed by atoms with van der Waals surface area (Å²) in [5.41, 5.74) is 4.26. The van der Waals surface area contributed by atoms with Crippen LogP contribution in [0.1, 0.15) is 36.6 Å². The van der Waals surface area contributed by atoms with Crippen LogP contribution < -0.4 is 16.1 Å². The van der Waals surface area contributed by atoms with Gasteiger partial charge in [0.1, 0.15) is 13.7 Å². The lowest BCUT2D eigenvalue weighted by atomic mass is 9.99. The van der Waals surface area contributed by atoms with Crippen LogP contribution in [0.25, 0.3) is 5.65 Å². The first-order valence-electron chi connectivity index (χ1n) is 8.53. The predicted octanol–water partition coefficient (Wildman–Crippen LogP) is 0.809. The second-order valence-corrected chi connectivity index (χ2v) is 6.35. The van der Waals surface area contributed by atoms with Crippen molar-refractivity contribution in [1.29, 1.82) is 0 Å². The number of rotatable bonds is 4.